The molecule has 23 heavy (non-hydrogen) atoms. The third kappa shape index (κ3) is 3.85. The summed E-state index contributed by atoms with van der Waals surface area (Å²) in [6, 6.07) is 0. The number of carbonyl (C=O) groups is 2. The highest BCUT2D eigenvalue weighted by atomic mass is 35.5. The average Bonchev–Trinajstić information content (AvgIpc) is 2.52. The maximum Gasteiger partial charge on any atom is 0.345 e. The Hall–Kier alpha value is -2.02. The van der Waals surface area contributed by atoms with E-state index in [0.717, 1.165) is 13.2 Å². The van der Waals surface area contributed by atoms with Crippen molar-refractivity contribution in [2.75, 3.05) is 13.2 Å². The minimum Gasteiger partial charge on any atom is -0.500 e. The van der Waals surface area contributed by atoms with Gasteiger partial charge in [-0.05, 0) is 20.8 Å². The Bertz CT molecular complexity index is 642. The van der Waals surface area contributed by atoms with Gasteiger partial charge in [0.1, 0.15) is 16.9 Å². The van der Waals surface area contributed by atoms with Crippen LogP contribution in [0.1, 0.15) is 29.8 Å². The third-order valence-electron chi connectivity index (χ3n) is 2.84. The molecule has 0 amide bonds. The zero-order chi connectivity index (χ0) is 17.7. The first-order chi connectivity index (χ1) is 10.8. The van der Waals surface area contributed by atoms with Gasteiger partial charge in [0.25, 0.3) is 0 Å². The molecule has 0 radical (unpaired) electrons. The van der Waals surface area contributed by atoms with Crippen LogP contribution in [0.2, 0.25) is 5.02 Å². The van der Waals surface area contributed by atoms with Crippen molar-refractivity contribution in [2.45, 2.75) is 20.8 Å². The summed E-state index contributed by atoms with van der Waals surface area (Å²) in [5, 5.41) is -1.17. The van der Waals surface area contributed by atoms with Crippen molar-refractivity contribution >= 4 is 23.4 Å². The molecule has 0 N–H and O–H groups in total. The minimum atomic E-state index is -1.61. The molecule has 1 aromatic carbocycles. The third-order valence-corrected chi connectivity index (χ3v) is 3.17. The number of benzene rings is 1. The number of carbonyl (C=O) groups excluding carboxylic acids is 2. The van der Waals surface area contributed by atoms with Crippen LogP contribution in [0, 0.1) is 24.4 Å². The summed E-state index contributed by atoms with van der Waals surface area (Å²) in [4.78, 5) is 24.2. The van der Waals surface area contributed by atoms with Crippen molar-refractivity contribution < 1.29 is 32.2 Å². The molecule has 0 bridgehead atoms. The van der Waals surface area contributed by atoms with Gasteiger partial charge in [0.2, 0.25) is 5.78 Å². The Morgan fingerprint density at radius 2 is 1.70 bits per heavy atom. The van der Waals surface area contributed by atoms with Crippen molar-refractivity contribution in [3.8, 4) is 0 Å². The van der Waals surface area contributed by atoms with Crippen LogP contribution < -0.4 is 0 Å². The average molecular weight is 351 g/mol. The van der Waals surface area contributed by atoms with Crippen molar-refractivity contribution in [3.63, 3.8) is 0 Å². The Balaban J connectivity index is 3.49. The lowest BCUT2D eigenvalue weighted by Crippen LogP contribution is -2.20. The highest BCUT2D eigenvalue weighted by molar-refractivity contribution is 6.32. The second-order valence-corrected chi connectivity index (χ2v) is 4.67. The van der Waals surface area contributed by atoms with E-state index in [1.807, 2.05) is 0 Å². The van der Waals surface area contributed by atoms with Crippen LogP contribution in [0.4, 0.5) is 13.2 Å². The highest BCUT2D eigenvalue weighted by Gasteiger charge is 2.31. The summed E-state index contributed by atoms with van der Waals surface area (Å²) < 4.78 is 50.7. The standard InChI is InChI=1S/C15H14ClF3O4/c1-4-22-6-8(15(21)23-5-2)14(20)9-7(3)11(17)13(19)10(16)12(9)18/h6H,4-5H2,1-3H3. The quantitative estimate of drug-likeness (QED) is 0.115. The number of hydrogen-bond acceptors (Lipinski definition) is 4. The van der Waals surface area contributed by atoms with Crippen LogP contribution in [0.15, 0.2) is 11.8 Å². The Morgan fingerprint density at radius 1 is 1.09 bits per heavy atom. The number of hydrogen-bond donors (Lipinski definition) is 0. The van der Waals surface area contributed by atoms with E-state index in [4.69, 9.17) is 16.3 Å². The van der Waals surface area contributed by atoms with Gasteiger partial charge in [-0.1, -0.05) is 11.6 Å². The molecule has 1 rings (SSSR count). The fourth-order valence-electron chi connectivity index (χ4n) is 1.72. The van der Waals surface area contributed by atoms with Crippen LogP contribution in [0.3, 0.4) is 0 Å². The van der Waals surface area contributed by atoms with Gasteiger partial charge in [-0.15, -0.1) is 0 Å². The lowest BCUT2D eigenvalue weighted by Gasteiger charge is -2.12. The second-order valence-electron chi connectivity index (χ2n) is 4.29. The molecule has 0 aliphatic heterocycles. The van der Waals surface area contributed by atoms with Gasteiger partial charge in [-0.2, -0.15) is 0 Å². The number of esters is 1. The first-order valence-corrected chi connectivity index (χ1v) is 7.01. The molecule has 0 heterocycles. The normalized spacial score (nSPS) is 11.3. The lowest BCUT2D eigenvalue weighted by atomic mass is 9.98. The van der Waals surface area contributed by atoms with Gasteiger partial charge >= 0.3 is 5.97 Å². The van der Waals surface area contributed by atoms with Crippen molar-refractivity contribution in [1.82, 2.24) is 0 Å². The Labute approximate surface area is 135 Å². The van der Waals surface area contributed by atoms with E-state index in [0.29, 0.717) is 0 Å². The molecule has 1 aromatic rings. The van der Waals surface area contributed by atoms with E-state index < -0.39 is 50.9 Å². The molecule has 0 spiro atoms. The van der Waals surface area contributed by atoms with Gasteiger partial charge in [-0.3, -0.25) is 4.79 Å². The van der Waals surface area contributed by atoms with Crippen LogP contribution in [-0.4, -0.2) is 25.0 Å². The van der Waals surface area contributed by atoms with Gasteiger partial charge in [-0.25, -0.2) is 18.0 Å². The SMILES string of the molecule is CCOC=C(C(=O)OCC)C(=O)c1c(C)c(F)c(F)c(Cl)c1F. The van der Waals surface area contributed by atoms with Crippen molar-refractivity contribution in [1.29, 1.82) is 0 Å². The van der Waals surface area contributed by atoms with Crippen LogP contribution >= 0.6 is 11.6 Å². The molecule has 0 fully saturated rings. The smallest absolute Gasteiger partial charge is 0.345 e. The molecule has 0 unspecified atom stereocenters. The summed E-state index contributed by atoms with van der Waals surface area (Å²) in [7, 11) is 0. The van der Waals surface area contributed by atoms with E-state index in [1.165, 1.54) is 6.92 Å². The summed E-state index contributed by atoms with van der Waals surface area (Å²) >= 11 is 5.34. The molecule has 0 aliphatic rings. The second kappa shape index (κ2) is 8.01. The minimum absolute atomic E-state index is 0.0461. The lowest BCUT2D eigenvalue weighted by molar-refractivity contribution is -0.138. The number of Topliss-reactive ketones (excluding diaryl/α,β-unsaturated/α-hetero) is 1. The number of halogens is 4. The molecule has 8 heteroatoms. The van der Waals surface area contributed by atoms with E-state index in [1.54, 1.807) is 6.92 Å². The van der Waals surface area contributed by atoms with Gasteiger partial charge in [0.15, 0.2) is 17.5 Å². The largest absolute Gasteiger partial charge is 0.500 e. The van der Waals surface area contributed by atoms with Gasteiger partial charge in [0.05, 0.1) is 18.8 Å². The molecule has 0 aromatic heterocycles. The van der Waals surface area contributed by atoms with E-state index in [9.17, 15) is 22.8 Å². The van der Waals surface area contributed by atoms with E-state index in [-0.39, 0.29) is 13.2 Å². The van der Waals surface area contributed by atoms with E-state index >= 15 is 0 Å². The highest BCUT2D eigenvalue weighted by Crippen LogP contribution is 2.30. The Morgan fingerprint density at radius 3 is 2.22 bits per heavy atom. The first kappa shape index (κ1) is 19.0. The molecular formula is C15H14ClF3O4. The zero-order valence-corrected chi connectivity index (χ0v) is 13.4. The zero-order valence-electron chi connectivity index (χ0n) is 12.6. The van der Waals surface area contributed by atoms with Crippen LogP contribution in [0.25, 0.3) is 0 Å². The molecule has 126 valence electrons. The molecule has 0 saturated heterocycles. The summed E-state index contributed by atoms with van der Waals surface area (Å²) in [6.45, 7) is 4.16. The molecular weight excluding hydrogens is 337 g/mol. The molecule has 0 aliphatic carbocycles. The van der Waals surface area contributed by atoms with Crippen molar-refractivity contribution in [2.24, 2.45) is 0 Å². The topological polar surface area (TPSA) is 52.6 Å². The first-order valence-electron chi connectivity index (χ1n) is 6.63. The monoisotopic (exact) mass is 350 g/mol. The van der Waals surface area contributed by atoms with Gasteiger partial charge in [0, 0.05) is 5.56 Å². The molecule has 0 saturated carbocycles. The number of ether oxygens (including phenoxy) is 2. The fourth-order valence-corrected chi connectivity index (χ4v) is 1.89. The Kier molecular flexibility index (Phi) is 6.62. The van der Waals surface area contributed by atoms with Crippen LogP contribution in [0.5, 0.6) is 0 Å². The number of ketones is 1. The predicted molar refractivity (Wildman–Crippen MR) is 76.7 cm³/mol. The summed E-state index contributed by atoms with van der Waals surface area (Å²) in [5.41, 5.74) is -2.12. The fraction of sp³-hybridized carbons (Fsp3) is 0.333. The molecule has 0 atom stereocenters. The van der Waals surface area contributed by atoms with E-state index in [2.05, 4.69) is 4.74 Å². The number of rotatable bonds is 6. The predicted octanol–water partition coefficient (Wildman–Crippen LogP) is 3.73. The van der Waals surface area contributed by atoms with Crippen molar-refractivity contribution in [3.05, 3.63) is 45.4 Å². The molecule has 4 nitrogen and oxygen atoms in total. The maximum atomic E-state index is 14.1. The summed E-state index contributed by atoms with van der Waals surface area (Å²) in [5.74, 6) is -6.83. The van der Waals surface area contributed by atoms with Gasteiger partial charge < -0.3 is 9.47 Å². The summed E-state index contributed by atoms with van der Waals surface area (Å²) in [6.07, 6.45) is 0.786. The van der Waals surface area contributed by atoms with Crippen LogP contribution in [-0.2, 0) is 14.3 Å². The maximum absolute atomic E-state index is 14.1.